The van der Waals surface area contributed by atoms with Gasteiger partial charge in [-0.15, -0.1) is 0 Å². The number of carbonyl (C=O) groups excluding carboxylic acids is 2. The Morgan fingerprint density at radius 3 is 2.21 bits per heavy atom. The van der Waals surface area contributed by atoms with Gasteiger partial charge in [-0.25, -0.2) is 5.43 Å². The molecule has 0 saturated carbocycles. The zero-order chi connectivity index (χ0) is 20.9. The third kappa shape index (κ3) is 5.61. The average molecular weight is 394 g/mol. The Hall–Kier alpha value is -3.75. The molecule has 0 aliphatic carbocycles. The minimum absolute atomic E-state index is 0.00678. The van der Waals surface area contributed by atoms with Crippen LogP contribution in [0.25, 0.3) is 11.4 Å². The van der Waals surface area contributed by atoms with Gasteiger partial charge in [0, 0.05) is 35.6 Å². The minimum Gasteiger partial charge on any atom is -0.352 e. The molecule has 3 rings (SSSR count). The smallest absolute Gasteiger partial charge is 0.340 e. The van der Waals surface area contributed by atoms with Crippen molar-refractivity contribution in [2.75, 3.05) is 12.0 Å². The lowest BCUT2D eigenvalue weighted by molar-refractivity contribution is 0.0934. The molecule has 1 aromatic carbocycles. The van der Waals surface area contributed by atoms with E-state index >= 15 is 0 Å². The molecule has 9 nitrogen and oxygen atoms in total. The van der Waals surface area contributed by atoms with E-state index in [1.165, 1.54) is 0 Å². The van der Waals surface area contributed by atoms with Gasteiger partial charge in [0.05, 0.1) is 0 Å². The number of hydrazine groups is 1. The molecular formula is C20H22N6O3. The topological polar surface area (TPSA) is 122 Å². The van der Waals surface area contributed by atoms with E-state index < -0.39 is 5.91 Å². The summed E-state index contributed by atoms with van der Waals surface area (Å²) in [5.41, 5.74) is 6.64. The Morgan fingerprint density at radius 2 is 1.59 bits per heavy atom. The van der Waals surface area contributed by atoms with Crippen LogP contribution in [0, 0.1) is 5.41 Å². The van der Waals surface area contributed by atoms with Gasteiger partial charge >= 0.3 is 6.01 Å². The summed E-state index contributed by atoms with van der Waals surface area (Å²) in [5.74, 6) is -0.218. The molecule has 0 aliphatic rings. The van der Waals surface area contributed by atoms with E-state index in [4.69, 9.17) is 4.52 Å². The fourth-order valence-electron chi connectivity index (χ4n) is 2.30. The van der Waals surface area contributed by atoms with Crippen LogP contribution in [0.3, 0.4) is 0 Å². The Bertz CT molecular complexity index is 977. The van der Waals surface area contributed by atoms with Crippen molar-refractivity contribution in [2.45, 2.75) is 20.8 Å². The van der Waals surface area contributed by atoms with Gasteiger partial charge in [-0.3, -0.25) is 20.0 Å². The molecule has 2 aromatic heterocycles. The maximum atomic E-state index is 12.3. The fraction of sp³-hybridized carbons (Fsp3) is 0.250. The van der Waals surface area contributed by atoms with E-state index in [-0.39, 0.29) is 17.3 Å². The SMILES string of the molecule is CC(C)(C)CNC(=O)c1ccc(C(=O)NNc2nc(-c3ccncc3)no2)cc1. The molecule has 0 fully saturated rings. The number of aromatic nitrogens is 3. The predicted molar refractivity (Wildman–Crippen MR) is 107 cm³/mol. The van der Waals surface area contributed by atoms with Gasteiger partial charge in [0.2, 0.25) is 5.82 Å². The van der Waals surface area contributed by atoms with E-state index in [2.05, 4.69) is 31.3 Å². The quantitative estimate of drug-likeness (QED) is 0.549. The first-order valence-electron chi connectivity index (χ1n) is 9.00. The second-order valence-electron chi connectivity index (χ2n) is 7.56. The van der Waals surface area contributed by atoms with Gasteiger partial charge in [0.15, 0.2) is 0 Å². The average Bonchev–Trinajstić information content (AvgIpc) is 3.19. The highest BCUT2D eigenvalue weighted by molar-refractivity contribution is 5.98. The van der Waals surface area contributed by atoms with Gasteiger partial charge < -0.3 is 9.84 Å². The van der Waals surface area contributed by atoms with Crippen LogP contribution in [0.1, 0.15) is 41.5 Å². The van der Waals surface area contributed by atoms with E-state index in [1.54, 1.807) is 48.8 Å². The molecule has 150 valence electrons. The van der Waals surface area contributed by atoms with Crippen molar-refractivity contribution < 1.29 is 14.1 Å². The molecule has 0 bridgehead atoms. The van der Waals surface area contributed by atoms with Gasteiger partial charge in [-0.05, 0) is 41.8 Å². The van der Waals surface area contributed by atoms with Gasteiger partial charge in [-0.2, -0.15) is 4.98 Å². The molecule has 3 aromatic rings. The number of anilines is 1. The largest absolute Gasteiger partial charge is 0.352 e. The van der Waals surface area contributed by atoms with Crippen molar-refractivity contribution in [2.24, 2.45) is 5.41 Å². The van der Waals surface area contributed by atoms with Crippen LogP contribution in [0.4, 0.5) is 6.01 Å². The summed E-state index contributed by atoms with van der Waals surface area (Å²) in [7, 11) is 0. The van der Waals surface area contributed by atoms with Crippen molar-refractivity contribution in [1.29, 1.82) is 0 Å². The number of pyridine rings is 1. The lowest BCUT2D eigenvalue weighted by atomic mass is 9.97. The molecule has 3 N–H and O–H groups in total. The van der Waals surface area contributed by atoms with Crippen molar-refractivity contribution in [3.63, 3.8) is 0 Å². The summed E-state index contributed by atoms with van der Waals surface area (Å²) in [6, 6.07) is 9.86. The molecule has 0 aliphatic heterocycles. The van der Waals surface area contributed by atoms with Gasteiger partial charge in [0.25, 0.3) is 11.8 Å². The first-order chi connectivity index (χ1) is 13.8. The number of hydrogen-bond donors (Lipinski definition) is 3. The van der Waals surface area contributed by atoms with Gasteiger partial charge in [0.1, 0.15) is 0 Å². The molecule has 0 saturated heterocycles. The number of nitrogens with zero attached hydrogens (tertiary/aromatic N) is 3. The fourth-order valence-corrected chi connectivity index (χ4v) is 2.30. The first kappa shape index (κ1) is 20.0. The molecule has 2 amide bonds. The normalized spacial score (nSPS) is 11.0. The van der Waals surface area contributed by atoms with Crippen LogP contribution in [-0.2, 0) is 0 Å². The maximum absolute atomic E-state index is 12.3. The number of rotatable bonds is 6. The van der Waals surface area contributed by atoms with Crippen molar-refractivity contribution >= 4 is 17.8 Å². The zero-order valence-electron chi connectivity index (χ0n) is 16.4. The lowest BCUT2D eigenvalue weighted by Gasteiger charge is -2.18. The third-order valence-corrected chi connectivity index (χ3v) is 3.84. The zero-order valence-corrected chi connectivity index (χ0v) is 16.4. The monoisotopic (exact) mass is 394 g/mol. The highest BCUT2D eigenvalue weighted by atomic mass is 16.5. The second-order valence-corrected chi connectivity index (χ2v) is 7.56. The third-order valence-electron chi connectivity index (χ3n) is 3.84. The number of benzene rings is 1. The van der Waals surface area contributed by atoms with Crippen LogP contribution in [0.2, 0.25) is 0 Å². The summed E-state index contributed by atoms with van der Waals surface area (Å²) in [6.07, 6.45) is 3.24. The van der Waals surface area contributed by atoms with E-state index in [0.717, 1.165) is 5.56 Å². The van der Waals surface area contributed by atoms with Crippen molar-refractivity contribution in [3.8, 4) is 11.4 Å². The Morgan fingerprint density at radius 1 is 0.966 bits per heavy atom. The summed E-state index contributed by atoms with van der Waals surface area (Å²) < 4.78 is 5.05. The maximum Gasteiger partial charge on any atom is 0.340 e. The molecule has 2 heterocycles. The highest BCUT2D eigenvalue weighted by Gasteiger charge is 2.14. The van der Waals surface area contributed by atoms with Crippen LogP contribution < -0.4 is 16.2 Å². The molecule has 0 radical (unpaired) electrons. The summed E-state index contributed by atoms with van der Waals surface area (Å²) in [6.45, 7) is 6.68. The van der Waals surface area contributed by atoms with E-state index in [9.17, 15) is 9.59 Å². The Labute approximate surface area is 167 Å². The molecule has 0 atom stereocenters. The number of carbonyl (C=O) groups is 2. The van der Waals surface area contributed by atoms with E-state index in [0.29, 0.717) is 23.5 Å². The highest BCUT2D eigenvalue weighted by Crippen LogP contribution is 2.16. The second kappa shape index (κ2) is 8.51. The predicted octanol–water partition coefficient (Wildman–Crippen LogP) is 2.66. The molecule has 9 heteroatoms. The first-order valence-corrected chi connectivity index (χ1v) is 9.00. The lowest BCUT2D eigenvalue weighted by Crippen LogP contribution is -2.32. The molecule has 0 unspecified atom stereocenters. The molecule has 0 spiro atoms. The molecular weight excluding hydrogens is 372 g/mol. The van der Waals surface area contributed by atoms with E-state index in [1.807, 2.05) is 20.8 Å². The standard InChI is InChI=1S/C20H22N6O3/c1-20(2,3)12-22-17(27)14-4-6-15(7-5-14)18(28)24-25-19-23-16(26-29-19)13-8-10-21-11-9-13/h4-11H,12H2,1-3H3,(H,22,27)(H,24,28)(H,23,25,26). The summed E-state index contributed by atoms with van der Waals surface area (Å²) >= 11 is 0. The number of hydrogen-bond acceptors (Lipinski definition) is 7. The van der Waals surface area contributed by atoms with Crippen molar-refractivity contribution in [3.05, 3.63) is 59.9 Å². The van der Waals surface area contributed by atoms with Crippen molar-refractivity contribution in [1.82, 2.24) is 25.9 Å². The number of nitrogens with one attached hydrogen (secondary N) is 3. The van der Waals surface area contributed by atoms with Crippen LogP contribution in [-0.4, -0.2) is 33.5 Å². The summed E-state index contributed by atoms with van der Waals surface area (Å²) in [4.78, 5) is 32.5. The Kier molecular flexibility index (Phi) is 5.87. The number of amides is 2. The van der Waals surface area contributed by atoms with Crippen LogP contribution in [0.15, 0.2) is 53.3 Å². The minimum atomic E-state index is -0.407. The Balaban J connectivity index is 1.55. The van der Waals surface area contributed by atoms with Crippen LogP contribution in [0.5, 0.6) is 0 Å². The summed E-state index contributed by atoms with van der Waals surface area (Å²) in [5, 5.41) is 6.70. The van der Waals surface area contributed by atoms with Gasteiger partial charge in [-0.1, -0.05) is 25.9 Å². The molecule has 29 heavy (non-hydrogen) atoms. The van der Waals surface area contributed by atoms with Crippen LogP contribution >= 0.6 is 0 Å².